The Balaban J connectivity index is 1.79. The molecule has 12 heavy (non-hydrogen) atoms. The minimum absolute atomic E-state index is 1.02. The number of hydrogen-bond acceptors (Lipinski definition) is 0. The summed E-state index contributed by atoms with van der Waals surface area (Å²) in [6.45, 7) is 4.98. The van der Waals surface area contributed by atoms with Gasteiger partial charge in [-0.15, -0.1) is 0 Å². The molecule has 6 atom stereocenters. The fraction of sp³-hybridized carbons (Fsp3) is 1.00. The normalized spacial score (nSPS) is 62.5. The number of rotatable bonds is 0. The molecule has 6 unspecified atom stereocenters. The summed E-state index contributed by atoms with van der Waals surface area (Å²) in [5, 5.41) is 0. The SMILES string of the molecule is CC1CCC2C3CCC3C2C1C. The summed E-state index contributed by atoms with van der Waals surface area (Å²) in [6.07, 6.45) is 6.23. The van der Waals surface area contributed by atoms with Crippen molar-refractivity contribution in [1.82, 2.24) is 0 Å². The maximum atomic E-state index is 2.51. The topological polar surface area (TPSA) is 0 Å². The van der Waals surface area contributed by atoms with E-state index < -0.39 is 0 Å². The third-order valence-electron chi connectivity index (χ3n) is 5.38. The number of fused-ring (bicyclic) bond motifs is 4. The molecule has 0 heterocycles. The van der Waals surface area contributed by atoms with Crippen LogP contribution in [0.25, 0.3) is 0 Å². The smallest absolute Gasteiger partial charge is 0.0324 e. The molecule has 0 aromatic rings. The zero-order chi connectivity index (χ0) is 8.29. The molecule has 3 fully saturated rings. The Labute approximate surface area is 75.7 Å². The first-order valence-electron chi connectivity index (χ1n) is 5.79. The summed E-state index contributed by atoms with van der Waals surface area (Å²) in [4.78, 5) is 0. The van der Waals surface area contributed by atoms with E-state index in [1.54, 1.807) is 19.3 Å². The average Bonchev–Trinajstić information content (AvgIpc) is 2.01. The van der Waals surface area contributed by atoms with Gasteiger partial charge in [0.25, 0.3) is 0 Å². The summed E-state index contributed by atoms with van der Waals surface area (Å²) in [7, 11) is 0. The van der Waals surface area contributed by atoms with E-state index in [2.05, 4.69) is 13.8 Å². The molecule has 3 rings (SSSR count). The molecule has 0 aromatic carbocycles. The predicted octanol–water partition coefficient (Wildman–Crippen LogP) is 3.32. The maximum Gasteiger partial charge on any atom is -0.0324 e. The molecule has 0 saturated heterocycles. The molecule has 0 amide bonds. The first-order valence-corrected chi connectivity index (χ1v) is 5.79. The minimum Gasteiger partial charge on any atom is -0.0622 e. The summed E-state index contributed by atoms with van der Waals surface area (Å²) < 4.78 is 0. The fourth-order valence-electron chi connectivity index (χ4n) is 4.30. The first-order chi connectivity index (χ1) is 5.79. The lowest BCUT2D eigenvalue weighted by Crippen LogP contribution is -2.58. The summed E-state index contributed by atoms with van der Waals surface area (Å²) in [5.74, 6) is 6.79. The standard InChI is InChI=1S/C12H20/c1-7-3-4-10-9-5-6-11(9)12(10)8(7)2/h7-12H,3-6H2,1-2H3. The third kappa shape index (κ3) is 0.701. The first kappa shape index (κ1) is 7.41. The van der Waals surface area contributed by atoms with Gasteiger partial charge in [-0.05, 0) is 54.8 Å². The fourth-order valence-corrected chi connectivity index (χ4v) is 4.30. The van der Waals surface area contributed by atoms with Crippen molar-refractivity contribution in [3.8, 4) is 0 Å². The van der Waals surface area contributed by atoms with E-state index in [-0.39, 0.29) is 0 Å². The Morgan fingerprint density at radius 3 is 1.92 bits per heavy atom. The average molecular weight is 164 g/mol. The van der Waals surface area contributed by atoms with Crippen LogP contribution >= 0.6 is 0 Å². The molecule has 0 aromatic heterocycles. The lowest BCUT2D eigenvalue weighted by Gasteiger charge is -2.65. The molecule has 0 nitrogen and oxygen atoms in total. The predicted molar refractivity (Wildman–Crippen MR) is 50.8 cm³/mol. The second kappa shape index (κ2) is 2.27. The highest BCUT2D eigenvalue weighted by molar-refractivity contribution is 5.06. The van der Waals surface area contributed by atoms with Crippen LogP contribution in [0, 0.1) is 35.5 Å². The van der Waals surface area contributed by atoms with Gasteiger partial charge in [0, 0.05) is 0 Å². The molecular formula is C12H20. The van der Waals surface area contributed by atoms with Crippen molar-refractivity contribution < 1.29 is 0 Å². The van der Waals surface area contributed by atoms with Crippen LogP contribution in [0.1, 0.15) is 39.5 Å². The molecule has 68 valence electrons. The minimum atomic E-state index is 1.02. The van der Waals surface area contributed by atoms with Crippen LogP contribution in [0.4, 0.5) is 0 Å². The van der Waals surface area contributed by atoms with Gasteiger partial charge in [0.15, 0.2) is 0 Å². The molecule has 0 spiro atoms. The van der Waals surface area contributed by atoms with Crippen LogP contribution in [-0.2, 0) is 0 Å². The van der Waals surface area contributed by atoms with E-state index in [9.17, 15) is 0 Å². The van der Waals surface area contributed by atoms with E-state index in [1.165, 1.54) is 24.2 Å². The lowest BCUT2D eigenvalue weighted by atomic mass is 9.40. The van der Waals surface area contributed by atoms with Gasteiger partial charge in [0.1, 0.15) is 0 Å². The van der Waals surface area contributed by atoms with Crippen molar-refractivity contribution in [2.45, 2.75) is 39.5 Å². The van der Waals surface area contributed by atoms with Crippen LogP contribution < -0.4 is 0 Å². The van der Waals surface area contributed by atoms with Crippen molar-refractivity contribution in [2.24, 2.45) is 35.5 Å². The lowest BCUT2D eigenvalue weighted by molar-refractivity contribution is -0.160. The van der Waals surface area contributed by atoms with Gasteiger partial charge in [0.05, 0.1) is 0 Å². The Morgan fingerprint density at radius 2 is 1.33 bits per heavy atom. The van der Waals surface area contributed by atoms with E-state index >= 15 is 0 Å². The highest BCUT2D eigenvalue weighted by atomic mass is 14.6. The Morgan fingerprint density at radius 1 is 0.750 bits per heavy atom. The van der Waals surface area contributed by atoms with Gasteiger partial charge >= 0.3 is 0 Å². The molecule has 3 saturated carbocycles. The summed E-state index contributed by atoms with van der Waals surface area (Å²) in [5.41, 5.74) is 0. The van der Waals surface area contributed by atoms with Crippen molar-refractivity contribution in [3.05, 3.63) is 0 Å². The quantitative estimate of drug-likeness (QED) is 0.515. The Kier molecular flexibility index (Phi) is 1.40. The van der Waals surface area contributed by atoms with E-state index in [1.807, 2.05) is 0 Å². The van der Waals surface area contributed by atoms with Gasteiger partial charge < -0.3 is 0 Å². The van der Waals surface area contributed by atoms with Crippen LogP contribution in [0.2, 0.25) is 0 Å². The highest BCUT2D eigenvalue weighted by Crippen LogP contribution is 2.65. The summed E-state index contributed by atoms with van der Waals surface area (Å²) in [6, 6.07) is 0. The van der Waals surface area contributed by atoms with Crippen molar-refractivity contribution in [1.29, 1.82) is 0 Å². The molecular weight excluding hydrogens is 144 g/mol. The van der Waals surface area contributed by atoms with Gasteiger partial charge in [0.2, 0.25) is 0 Å². The highest BCUT2D eigenvalue weighted by Gasteiger charge is 2.58. The molecule has 0 N–H and O–H groups in total. The molecule has 0 bridgehead atoms. The molecule has 3 aliphatic rings. The molecule has 0 heteroatoms. The van der Waals surface area contributed by atoms with Crippen LogP contribution in [0.3, 0.4) is 0 Å². The van der Waals surface area contributed by atoms with Gasteiger partial charge in [-0.1, -0.05) is 20.3 Å². The third-order valence-corrected chi connectivity index (χ3v) is 5.38. The second-order valence-electron chi connectivity index (χ2n) is 5.56. The van der Waals surface area contributed by atoms with E-state index in [4.69, 9.17) is 0 Å². The van der Waals surface area contributed by atoms with Crippen molar-refractivity contribution in [2.75, 3.05) is 0 Å². The second-order valence-corrected chi connectivity index (χ2v) is 5.56. The molecule has 3 aliphatic carbocycles. The maximum absolute atomic E-state index is 2.51. The van der Waals surface area contributed by atoms with Crippen molar-refractivity contribution in [3.63, 3.8) is 0 Å². The zero-order valence-corrected chi connectivity index (χ0v) is 8.29. The largest absolute Gasteiger partial charge is 0.0622 e. The van der Waals surface area contributed by atoms with E-state index in [0.29, 0.717) is 0 Å². The van der Waals surface area contributed by atoms with Gasteiger partial charge in [-0.25, -0.2) is 0 Å². The van der Waals surface area contributed by atoms with Crippen molar-refractivity contribution >= 4 is 0 Å². The van der Waals surface area contributed by atoms with Gasteiger partial charge in [-0.3, -0.25) is 0 Å². The number of hydrogen-bond donors (Lipinski definition) is 0. The Hall–Kier alpha value is 0. The Bertz CT molecular complexity index is 192. The van der Waals surface area contributed by atoms with Crippen LogP contribution in [0.5, 0.6) is 0 Å². The van der Waals surface area contributed by atoms with Gasteiger partial charge in [-0.2, -0.15) is 0 Å². The van der Waals surface area contributed by atoms with Crippen LogP contribution in [-0.4, -0.2) is 0 Å². The van der Waals surface area contributed by atoms with Crippen LogP contribution in [0.15, 0.2) is 0 Å². The zero-order valence-electron chi connectivity index (χ0n) is 8.29. The summed E-state index contributed by atoms with van der Waals surface area (Å²) >= 11 is 0. The molecule has 0 aliphatic heterocycles. The monoisotopic (exact) mass is 164 g/mol. The van der Waals surface area contributed by atoms with E-state index in [0.717, 1.165) is 17.8 Å². The molecule has 0 radical (unpaired) electrons.